The average molecular weight is 276 g/mol. The topological polar surface area (TPSA) is 9.23 Å². The standard InChI is InChI=1S/C14H16F4O/c1-8(2)12-5-6-13(19-12)10-4-3-9(15)7-11(10)14(16,17)18/h3-4,7-8,12-13H,5-6H2,1-2H3/t12-,13+/m0/s1. The van der Waals surface area contributed by atoms with Crippen LogP contribution in [0.3, 0.4) is 0 Å². The van der Waals surface area contributed by atoms with Crippen molar-refractivity contribution in [2.45, 2.75) is 45.1 Å². The third-order valence-corrected chi connectivity index (χ3v) is 3.46. The first-order valence-electron chi connectivity index (χ1n) is 6.31. The Hall–Kier alpha value is -1.10. The van der Waals surface area contributed by atoms with E-state index in [2.05, 4.69) is 0 Å². The van der Waals surface area contributed by atoms with Gasteiger partial charge in [-0.05, 0) is 36.5 Å². The minimum absolute atomic E-state index is 0.0314. The first-order chi connectivity index (χ1) is 8.79. The van der Waals surface area contributed by atoms with E-state index in [4.69, 9.17) is 4.74 Å². The van der Waals surface area contributed by atoms with E-state index in [0.717, 1.165) is 12.5 Å². The van der Waals surface area contributed by atoms with Crippen LogP contribution in [0.2, 0.25) is 0 Å². The fourth-order valence-electron chi connectivity index (χ4n) is 2.44. The zero-order valence-electron chi connectivity index (χ0n) is 10.8. The maximum atomic E-state index is 13.0. The van der Waals surface area contributed by atoms with Crippen molar-refractivity contribution in [3.05, 3.63) is 35.1 Å². The number of hydrogen-bond acceptors (Lipinski definition) is 1. The Balaban J connectivity index is 2.31. The van der Waals surface area contributed by atoms with Gasteiger partial charge in [-0.2, -0.15) is 13.2 Å². The molecule has 0 aromatic heterocycles. The predicted octanol–water partition coefficient (Wildman–Crippen LogP) is 4.72. The Morgan fingerprint density at radius 3 is 2.42 bits per heavy atom. The van der Waals surface area contributed by atoms with Gasteiger partial charge >= 0.3 is 6.18 Å². The molecule has 106 valence electrons. The van der Waals surface area contributed by atoms with Gasteiger partial charge in [-0.25, -0.2) is 4.39 Å². The SMILES string of the molecule is CC(C)[C@@H]1CC[C@H](c2ccc(F)cc2C(F)(F)F)O1. The molecule has 0 radical (unpaired) electrons. The lowest BCUT2D eigenvalue weighted by Crippen LogP contribution is -2.16. The predicted molar refractivity (Wildman–Crippen MR) is 63.1 cm³/mol. The zero-order chi connectivity index (χ0) is 14.2. The van der Waals surface area contributed by atoms with Crippen LogP contribution < -0.4 is 0 Å². The minimum atomic E-state index is -4.56. The quantitative estimate of drug-likeness (QED) is 0.710. The summed E-state index contributed by atoms with van der Waals surface area (Å²) in [5.41, 5.74) is -0.890. The van der Waals surface area contributed by atoms with Gasteiger partial charge in [0.15, 0.2) is 0 Å². The van der Waals surface area contributed by atoms with Crippen LogP contribution in [0, 0.1) is 11.7 Å². The minimum Gasteiger partial charge on any atom is -0.370 e. The molecule has 1 aromatic rings. The van der Waals surface area contributed by atoms with Crippen molar-refractivity contribution in [1.29, 1.82) is 0 Å². The molecule has 1 aromatic carbocycles. The monoisotopic (exact) mass is 276 g/mol. The molecule has 1 aliphatic heterocycles. The van der Waals surface area contributed by atoms with E-state index in [1.807, 2.05) is 13.8 Å². The fraction of sp³-hybridized carbons (Fsp3) is 0.571. The molecule has 1 saturated heterocycles. The van der Waals surface area contributed by atoms with Gasteiger partial charge in [0.2, 0.25) is 0 Å². The summed E-state index contributed by atoms with van der Waals surface area (Å²) in [7, 11) is 0. The second-order valence-corrected chi connectivity index (χ2v) is 5.21. The molecule has 1 fully saturated rings. The third kappa shape index (κ3) is 3.08. The van der Waals surface area contributed by atoms with Crippen molar-refractivity contribution in [2.75, 3.05) is 0 Å². The number of rotatable bonds is 2. The molecule has 0 spiro atoms. The van der Waals surface area contributed by atoms with E-state index in [1.165, 1.54) is 6.07 Å². The lowest BCUT2D eigenvalue weighted by Gasteiger charge is -2.20. The third-order valence-electron chi connectivity index (χ3n) is 3.46. The second kappa shape index (κ2) is 5.12. The average Bonchev–Trinajstić information content (AvgIpc) is 2.77. The van der Waals surface area contributed by atoms with Crippen LogP contribution in [0.15, 0.2) is 18.2 Å². The van der Waals surface area contributed by atoms with Crippen LogP contribution in [0.4, 0.5) is 17.6 Å². The summed E-state index contributed by atoms with van der Waals surface area (Å²) < 4.78 is 57.4. The summed E-state index contributed by atoms with van der Waals surface area (Å²) in [4.78, 5) is 0. The summed E-state index contributed by atoms with van der Waals surface area (Å²) in [6, 6.07) is 2.78. The molecule has 5 heteroatoms. The van der Waals surface area contributed by atoms with E-state index in [-0.39, 0.29) is 17.6 Å². The van der Waals surface area contributed by atoms with Crippen LogP contribution in [-0.2, 0) is 10.9 Å². The number of benzene rings is 1. The van der Waals surface area contributed by atoms with E-state index < -0.39 is 23.7 Å². The highest BCUT2D eigenvalue weighted by atomic mass is 19.4. The fourth-order valence-corrected chi connectivity index (χ4v) is 2.44. The highest BCUT2D eigenvalue weighted by Crippen LogP contribution is 2.41. The molecule has 0 N–H and O–H groups in total. The molecule has 0 aliphatic carbocycles. The molecule has 0 bridgehead atoms. The lowest BCUT2D eigenvalue weighted by molar-refractivity contribution is -0.139. The highest BCUT2D eigenvalue weighted by Gasteiger charge is 2.38. The molecule has 0 amide bonds. The van der Waals surface area contributed by atoms with Crippen molar-refractivity contribution in [1.82, 2.24) is 0 Å². The van der Waals surface area contributed by atoms with Crippen molar-refractivity contribution in [3.8, 4) is 0 Å². The van der Waals surface area contributed by atoms with Crippen LogP contribution in [0.25, 0.3) is 0 Å². The van der Waals surface area contributed by atoms with Crippen LogP contribution in [0.5, 0.6) is 0 Å². The van der Waals surface area contributed by atoms with Gasteiger partial charge in [0.25, 0.3) is 0 Å². The molecule has 19 heavy (non-hydrogen) atoms. The van der Waals surface area contributed by atoms with Gasteiger partial charge in [-0.1, -0.05) is 19.9 Å². The molecule has 1 aliphatic rings. The first-order valence-corrected chi connectivity index (χ1v) is 6.31. The Morgan fingerprint density at radius 1 is 1.21 bits per heavy atom. The summed E-state index contributed by atoms with van der Waals surface area (Å²) >= 11 is 0. The zero-order valence-corrected chi connectivity index (χ0v) is 10.8. The summed E-state index contributed by atoms with van der Waals surface area (Å²) in [5.74, 6) is -0.616. The van der Waals surface area contributed by atoms with Gasteiger partial charge < -0.3 is 4.74 Å². The summed E-state index contributed by atoms with van der Waals surface area (Å²) in [6.45, 7) is 3.95. The maximum Gasteiger partial charge on any atom is 0.416 e. The van der Waals surface area contributed by atoms with Gasteiger partial charge in [0.1, 0.15) is 5.82 Å². The van der Waals surface area contributed by atoms with Crippen molar-refractivity contribution in [2.24, 2.45) is 5.92 Å². The molecule has 0 saturated carbocycles. The molecular weight excluding hydrogens is 260 g/mol. The smallest absolute Gasteiger partial charge is 0.370 e. The Bertz CT molecular complexity index is 453. The van der Waals surface area contributed by atoms with Gasteiger partial charge in [-0.15, -0.1) is 0 Å². The number of ether oxygens (including phenoxy) is 1. The normalized spacial score (nSPS) is 24.2. The van der Waals surface area contributed by atoms with E-state index in [9.17, 15) is 17.6 Å². The van der Waals surface area contributed by atoms with Crippen LogP contribution >= 0.6 is 0 Å². The highest BCUT2D eigenvalue weighted by molar-refractivity contribution is 5.32. The lowest BCUT2D eigenvalue weighted by atomic mass is 9.98. The van der Waals surface area contributed by atoms with E-state index in [1.54, 1.807) is 0 Å². The molecule has 1 nitrogen and oxygen atoms in total. The maximum absolute atomic E-state index is 13.0. The Labute approximate surface area is 109 Å². The van der Waals surface area contributed by atoms with Crippen molar-refractivity contribution < 1.29 is 22.3 Å². The van der Waals surface area contributed by atoms with Gasteiger partial charge in [0, 0.05) is 0 Å². The molecule has 2 rings (SSSR count). The van der Waals surface area contributed by atoms with Crippen LogP contribution in [-0.4, -0.2) is 6.10 Å². The van der Waals surface area contributed by atoms with Gasteiger partial charge in [0.05, 0.1) is 17.8 Å². The number of halogens is 4. The van der Waals surface area contributed by atoms with Crippen molar-refractivity contribution in [3.63, 3.8) is 0 Å². The number of alkyl halides is 3. The first kappa shape index (κ1) is 14.3. The molecular formula is C14H16F4O. The summed E-state index contributed by atoms with van der Waals surface area (Å²) in [5, 5.41) is 0. The molecule has 1 heterocycles. The van der Waals surface area contributed by atoms with Crippen LogP contribution in [0.1, 0.15) is 43.9 Å². The van der Waals surface area contributed by atoms with Crippen molar-refractivity contribution >= 4 is 0 Å². The Morgan fingerprint density at radius 2 is 1.89 bits per heavy atom. The molecule has 2 atom stereocenters. The summed E-state index contributed by atoms with van der Waals surface area (Å²) in [6.07, 6.45) is -3.91. The number of hydrogen-bond donors (Lipinski definition) is 0. The largest absolute Gasteiger partial charge is 0.416 e. The van der Waals surface area contributed by atoms with Gasteiger partial charge in [-0.3, -0.25) is 0 Å². The molecule has 0 unspecified atom stereocenters. The second-order valence-electron chi connectivity index (χ2n) is 5.21. The van der Waals surface area contributed by atoms with E-state index >= 15 is 0 Å². The van der Waals surface area contributed by atoms with E-state index in [0.29, 0.717) is 12.5 Å². The Kier molecular flexibility index (Phi) is 3.85.